The molecule has 1 amide bonds. The van der Waals surface area contributed by atoms with Gasteiger partial charge in [-0.15, -0.1) is 0 Å². The Labute approximate surface area is 218 Å². The van der Waals surface area contributed by atoms with Crippen molar-refractivity contribution >= 4 is 21.6 Å². The van der Waals surface area contributed by atoms with Gasteiger partial charge in [-0.25, -0.2) is 12.8 Å². The highest BCUT2D eigenvalue weighted by atomic mass is 32.2. The monoisotopic (exact) mass is 528 g/mol. The van der Waals surface area contributed by atoms with Gasteiger partial charge in [-0.05, 0) is 85.5 Å². The van der Waals surface area contributed by atoms with Gasteiger partial charge in [0.25, 0.3) is 10.0 Å². The van der Waals surface area contributed by atoms with E-state index in [1.165, 1.54) is 12.1 Å². The Morgan fingerprint density at radius 2 is 1.54 bits per heavy atom. The van der Waals surface area contributed by atoms with E-state index in [1.54, 1.807) is 31.4 Å². The normalized spacial score (nSPS) is 12.2. The van der Waals surface area contributed by atoms with Crippen LogP contribution in [-0.4, -0.2) is 34.6 Å². The molecule has 0 saturated heterocycles. The minimum absolute atomic E-state index is 0.121. The number of nitrogens with one attached hydrogen (secondary N) is 1. The van der Waals surface area contributed by atoms with Gasteiger partial charge >= 0.3 is 0 Å². The maximum absolute atomic E-state index is 13.6. The number of sulfonamides is 1. The molecule has 0 aliphatic heterocycles. The summed E-state index contributed by atoms with van der Waals surface area (Å²) in [4.78, 5) is 13.2. The molecule has 0 saturated carbocycles. The third-order valence-corrected chi connectivity index (χ3v) is 7.47. The first-order valence-electron chi connectivity index (χ1n) is 12.1. The summed E-state index contributed by atoms with van der Waals surface area (Å²) in [6, 6.07) is 18.0. The van der Waals surface area contributed by atoms with E-state index in [0.717, 1.165) is 22.0 Å². The molecule has 37 heavy (non-hydrogen) atoms. The van der Waals surface area contributed by atoms with Crippen LogP contribution in [0, 0.1) is 11.7 Å². The number of anilines is 1. The zero-order chi connectivity index (χ0) is 27.0. The van der Waals surface area contributed by atoms with Gasteiger partial charge in [-0.2, -0.15) is 0 Å². The molecule has 0 aliphatic rings. The summed E-state index contributed by atoms with van der Waals surface area (Å²) in [6.07, 6.45) is 0.659. The van der Waals surface area contributed by atoms with Crippen LogP contribution in [0.15, 0.2) is 77.7 Å². The fourth-order valence-corrected chi connectivity index (χ4v) is 5.30. The Morgan fingerprint density at radius 1 is 0.946 bits per heavy atom. The van der Waals surface area contributed by atoms with Crippen LogP contribution in [0.2, 0.25) is 0 Å². The average Bonchev–Trinajstić information content (AvgIpc) is 2.87. The third kappa shape index (κ3) is 7.45. The van der Waals surface area contributed by atoms with E-state index in [1.807, 2.05) is 45.0 Å². The van der Waals surface area contributed by atoms with Crippen molar-refractivity contribution in [2.75, 3.05) is 24.6 Å². The molecule has 0 fully saturated rings. The van der Waals surface area contributed by atoms with E-state index < -0.39 is 28.3 Å². The fraction of sp³-hybridized carbons (Fsp3) is 0.321. The van der Waals surface area contributed by atoms with Crippen LogP contribution in [0.3, 0.4) is 0 Å². The summed E-state index contributed by atoms with van der Waals surface area (Å²) < 4.78 is 52.3. The minimum Gasteiger partial charge on any atom is -0.497 e. The Hall–Kier alpha value is -3.59. The van der Waals surface area contributed by atoms with E-state index in [9.17, 15) is 17.6 Å². The summed E-state index contributed by atoms with van der Waals surface area (Å²) in [5, 5.41) is 3.00. The molecule has 7 nitrogen and oxygen atoms in total. The van der Waals surface area contributed by atoms with Crippen LogP contribution in [0.1, 0.15) is 38.8 Å². The molecule has 0 aromatic heterocycles. The Bertz CT molecular complexity index is 1260. The Kier molecular flexibility index (Phi) is 9.52. The van der Waals surface area contributed by atoms with Gasteiger partial charge in [-0.1, -0.05) is 26.0 Å². The predicted molar refractivity (Wildman–Crippen MR) is 142 cm³/mol. The molecule has 1 N–H and O–H groups in total. The minimum atomic E-state index is -4.18. The molecule has 1 atom stereocenters. The maximum Gasteiger partial charge on any atom is 0.264 e. The summed E-state index contributed by atoms with van der Waals surface area (Å²) in [5.74, 6) is 0.524. The Balaban J connectivity index is 1.92. The van der Waals surface area contributed by atoms with E-state index in [0.29, 0.717) is 24.5 Å². The molecule has 0 bridgehead atoms. The smallest absolute Gasteiger partial charge is 0.264 e. The summed E-state index contributed by atoms with van der Waals surface area (Å²) >= 11 is 0. The number of halogens is 1. The van der Waals surface area contributed by atoms with Crippen LogP contribution < -0.4 is 19.1 Å². The lowest BCUT2D eigenvalue weighted by Crippen LogP contribution is -2.42. The molecule has 3 aromatic rings. The zero-order valence-electron chi connectivity index (χ0n) is 21.5. The number of hydrogen-bond acceptors (Lipinski definition) is 5. The number of hydrogen-bond donors (Lipinski definition) is 1. The van der Waals surface area contributed by atoms with Crippen molar-refractivity contribution < 1.29 is 27.1 Å². The summed E-state index contributed by atoms with van der Waals surface area (Å²) in [5.41, 5.74) is 1.17. The second-order valence-corrected chi connectivity index (χ2v) is 10.8. The van der Waals surface area contributed by atoms with Crippen LogP contribution in [0.5, 0.6) is 11.5 Å². The summed E-state index contributed by atoms with van der Waals surface area (Å²) in [6.45, 7) is 5.95. The van der Waals surface area contributed by atoms with Crippen LogP contribution in [0.25, 0.3) is 0 Å². The van der Waals surface area contributed by atoms with Gasteiger partial charge in [0.05, 0.1) is 30.3 Å². The van der Waals surface area contributed by atoms with Crippen molar-refractivity contribution in [3.63, 3.8) is 0 Å². The van der Waals surface area contributed by atoms with Gasteiger partial charge in [0, 0.05) is 0 Å². The molecule has 0 aliphatic carbocycles. The molecule has 0 radical (unpaired) electrons. The molecule has 3 rings (SSSR count). The number of ether oxygens (including phenoxy) is 2. The first-order chi connectivity index (χ1) is 17.6. The van der Waals surface area contributed by atoms with Crippen molar-refractivity contribution in [1.82, 2.24) is 5.32 Å². The van der Waals surface area contributed by atoms with Crippen molar-refractivity contribution in [3.05, 3.63) is 84.2 Å². The Morgan fingerprint density at radius 3 is 2.08 bits per heavy atom. The van der Waals surface area contributed by atoms with Gasteiger partial charge in [-0.3, -0.25) is 9.10 Å². The van der Waals surface area contributed by atoms with Crippen molar-refractivity contribution in [1.29, 1.82) is 0 Å². The standard InChI is InChI=1S/C28H33FN2O5S/c1-5-36-25-14-10-23(11-15-25)31(37(33,34)26-16-8-22(29)9-17-26)19-28(32)30-27(18-20(2)3)21-6-12-24(35-4)13-7-21/h6-17,20,27H,5,18-19H2,1-4H3,(H,30,32). The summed E-state index contributed by atoms with van der Waals surface area (Å²) in [7, 11) is -2.59. The van der Waals surface area contributed by atoms with Gasteiger partial charge < -0.3 is 14.8 Å². The largest absolute Gasteiger partial charge is 0.497 e. The molecule has 0 heterocycles. The van der Waals surface area contributed by atoms with Gasteiger partial charge in [0.15, 0.2) is 0 Å². The van der Waals surface area contributed by atoms with Crippen LogP contribution in [0.4, 0.5) is 10.1 Å². The number of carbonyl (C=O) groups excluding carboxylic acids is 1. The second kappa shape index (κ2) is 12.6. The molecule has 198 valence electrons. The first-order valence-corrected chi connectivity index (χ1v) is 13.5. The van der Waals surface area contributed by atoms with E-state index >= 15 is 0 Å². The zero-order valence-corrected chi connectivity index (χ0v) is 22.3. The van der Waals surface area contributed by atoms with Gasteiger partial charge in [0.1, 0.15) is 23.9 Å². The molecule has 0 spiro atoms. The number of nitrogens with zero attached hydrogens (tertiary/aromatic N) is 1. The molecule has 9 heteroatoms. The van der Waals surface area contributed by atoms with E-state index in [2.05, 4.69) is 5.32 Å². The van der Waals surface area contributed by atoms with Crippen LogP contribution >= 0.6 is 0 Å². The molecule has 1 unspecified atom stereocenters. The highest BCUT2D eigenvalue weighted by molar-refractivity contribution is 7.92. The quantitative estimate of drug-likeness (QED) is 0.343. The second-order valence-electron chi connectivity index (χ2n) is 8.92. The first kappa shape index (κ1) is 28.0. The van der Waals surface area contributed by atoms with E-state index in [4.69, 9.17) is 9.47 Å². The predicted octanol–water partition coefficient (Wildman–Crippen LogP) is 5.33. The molecule has 3 aromatic carbocycles. The number of carbonyl (C=O) groups is 1. The lowest BCUT2D eigenvalue weighted by atomic mass is 9.97. The number of rotatable bonds is 12. The third-order valence-electron chi connectivity index (χ3n) is 5.69. The molecular formula is C28H33FN2O5S. The number of amides is 1. The van der Waals surface area contributed by atoms with Crippen LogP contribution in [-0.2, 0) is 14.8 Å². The van der Waals surface area contributed by atoms with Crippen molar-refractivity contribution in [2.24, 2.45) is 5.92 Å². The number of methoxy groups -OCH3 is 1. The highest BCUT2D eigenvalue weighted by Crippen LogP contribution is 2.27. The van der Waals surface area contributed by atoms with Gasteiger partial charge in [0.2, 0.25) is 5.91 Å². The SMILES string of the molecule is CCOc1ccc(N(CC(=O)NC(CC(C)C)c2ccc(OC)cc2)S(=O)(=O)c2ccc(F)cc2)cc1. The topological polar surface area (TPSA) is 84.9 Å². The van der Waals surface area contributed by atoms with Crippen molar-refractivity contribution in [3.8, 4) is 11.5 Å². The highest BCUT2D eigenvalue weighted by Gasteiger charge is 2.28. The fourth-order valence-electron chi connectivity index (χ4n) is 3.88. The average molecular weight is 529 g/mol. The lowest BCUT2D eigenvalue weighted by molar-refractivity contribution is -0.120. The molecular weight excluding hydrogens is 495 g/mol. The van der Waals surface area contributed by atoms with Crippen molar-refractivity contribution in [2.45, 2.75) is 38.1 Å². The van der Waals surface area contributed by atoms with E-state index in [-0.39, 0.29) is 22.5 Å². The maximum atomic E-state index is 13.6. The number of benzene rings is 3. The lowest BCUT2D eigenvalue weighted by Gasteiger charge is -2.27.